The molecule has 0 unspecified atom stereocenters. The van der Waals surface area contributed by atoms with Gasteiger partial charge in [-0.2, -0.15) is 13.2 Å². The Hall–Kier alpha value is -5.29. The van der Waals surface area contributed by atoms with Crippen LogP contribution in [0.5, 0.6) is 0 Å². The molecular formula is C34H27F3N6O2. The van der Waals surface area contributed by atoms with Gasteiger partial charge in [0, 0.05) is 72.0 Å². The van der Waals surface area contributed by atoms with Crippen LogP contribution in [0.3, 0.4) is 0 Å². The fourth-order valence-electron chi connectivity index (χ4n) is 6.07. The zero-order valence-corrected chi connectivity index (χ0v) is 24.0. The molecule has 0 saturated carbocycles. The lowest BCUT2D eigenvalue weighted by molar-refractivity contribution is -0.137. The maximum absolute atomic E-state index is 14.6. The number of halogens is 3. The summed E-state index contributed by atoms with van der Waals surface area (Å²) in [6.07, 6.45) is -1.30. The number of hydrogen-bond acceptors (Lipinski definition) is 6. The van der Waals surface area contributed by atoms with Gasteiger partial charge in [0.2, 0.25) is 5.91 Å². The monoisotopic (exact) mass is 608 g/mol. The lowest BCUT2D eigenvalue weighted by Gasteiger charge is -2.37. The molecule has 3 aromatic heterocycles. The molecule has 6 aromatic rings. The van der Waals surface area contributed by atoms with Crippen LogP contribution in [0.15, 0.2) is 96.1 Å². The summed E-state index contributed by atoms with van der Waals surface area (Å²) in [6, 6.07) is 22.4. The molecule has 226 valence electrons. The van der Waals surface area contributed by atoms with Crippen molar-refractivity contribution in [3.63, 3.8) is 0 Å². The highest BCUT2D eigenvalue weighted by atomic mass is 19.4. The summed E-state index contributed by atoms with van der Waals surface area (Å²) in [4.78, 5) is 37.7. The number of anilines is 1. The maximum Gasteiger partial charge on any atom is 0.418 e. The number of hydrogen-bond donors (Lipinski definition) is 1. The summed E-state index contributed by atoms with van der Waals surface area (Å²) >= 11 is 0. The van der Waals surface area contributed by atoms with E-state index in [1.54, 1.807) is 28.3 Å². The van der Waals surface area contributed by atoms with Crippen molar-refractivity contribution >= 4 is 44.3 Å². The van der Waals surface area contributed by atoms with Gasteiger partial charge in [-0.15, -0.1) is 0 Å². The molecule has 0 bridgehead atoms. The van der Waals surface area contributed by atoms with Crippen LogP contribution in [-0.2, 0) is 11.0 Å². The molecule has 0 aliphatic carbocycles. The molecule has 0 atom stereocenters. The van der Waals surface area contributed by atoms with Crippen LogP contribution in [0.1, 0.15) is 5.56 Å². The van der Waals surface area contributed by atoms with E-state index in [1.165, 1.54) is 22.8 Å². The summed E-state index contributed by atoms with van der Waals surface area (Å²) in [5.41, 5.74) is 7.81. The van der Waals surface area contributed by atoms with Gasteiger partial charge in [0.05, 0.1) is 34.3 Å². The van der Waals surface area contributed by atoms with Gasteiger partial charge in [0.25, 0.3) is 5.56 Å². The third kappa shape index (κ3) is 5.14. The quantitative estimate of drug-likeness (QED) is 0.270. The van der Waals surface area contributed by atoms with E-state index in [4.69, 9.17) is 5.73 Å². The highest BCUT2D eigenvalue weighted by Gasteiger charge is 2.36. The van der Waals surface area contributed by atoms with Crippen molar-refractivity contribution < 1.29 is 18.0 Å². The van der Waals surface area contributed by atoms with E-state index in [2.05, 4.69) is 9.97 Å². The first kappa shape index (κ1) is 28.5. The number of carbonyl (C=O) groups excluding carboxylic acids is 1. The van der Waals surface area contributed by atoms with Crippen molar-refractivity contribution in [3.05, 3.63) is 107 Å². The average Bonchev–Trinajstić information content (AvgIpc) is 3.06. The smallest absolute Gasteiger partial charge is 0.367 e. The van der Waals surface area contributed by atoms with Crippen LogP contribution in [0, 0.1) is 0 Å². The van der Waals surface area contributed by atoms with Gasteiger partial charge in [0.15, 0.2) is 0 Å². The standard InChI is InChI=1S/C34H27F3N6O2/c35-34(36,37)27-17-25(7-9-30(27)41-11-13-42(14-12-41)32(45)18-38)43-31(44)10-6-23-19-40-29-8-5-21(16-26(29)33(23)43)24-15-22-3-1-2-4-28(22)39-20-24/h1-10,15-17,19-20H,11-14,18,38H2. The van der Waals surface area contributed by atoms with E-state index in [1.807, 2.05) is 48.5 Å². The third-order valence-electron chi connectivity index (χ3n) is 8.33. The molecule has 1 amide bonds. The number of rotatable bonds is 4. The summed E-state index contributed by atoms with van der Waals surface area (Å²) in [6.45, 7) is 0.848. The number of aromatic nitrogens is 3. The molecule has 1 fully saturated rings. The normalized spacial score (nSPS) is 14.0. The highest BCUT2D eigenvalue weighted by Crippen LogP contribution is 2.39. The summed E-state index contributed by atoms with van der Waals surface area (Å²) in [5, 5.41) is 2.19. The molecule has 4 heterocycles. The first-order valence-electron chi connectivity index (χ1n) is 14.5. The van der Waals surface area contributed by atoms with E-state index >= 15 is 0 Å². The van der Waals surface area contributed by atoms with Crippen LogP contribution in [0.4, 0.5) is 18.9 Å². The number of amides is 1. The number of fused-ring (bicyclic) bond motifs is 4. The molecule has 45 heavy (non-hydrogen) atoms. The second kappa shape index (κ2) is 11.0. The van der Waals surface area contributed by atoms with Crippen LogP contribution >= 0.6 is 0 Å². The van der Waals surface area contributed by atoms with Crippen LogP contribution in [0.2, 0.25) is 0 Å². The zero-order chi connectivity index (χ0) is 31.3. The number of piperazine rings is 1. The Balaban J connectivity index is 1.37. The molecule has 3 aromatic carbocycles. The van der Waals surface area contributed by atoms with E-state index in [-0.39, 0.29) is 50.0 Å². The van der Waals surface area contributed by atoms with Crippen molar-refractivity contribution in [2.24, 2.45) is 5.73 Å². The first-order chi connectivity index (χ1) is 21.7. The summed E-state index contributed by atoms with van der Waals surface area (Å²) in [5.74, 6) is -0.238. The number of alkyl halides is 3. The number of para-hydroxylation sites is 1. The first-order valence-corrected chi connectivity index (χ1v) is 14.5. The number of pyridine rings is 3. The lowest BCUT2D eigenvalue weighted by Crippen LogP contribution is -2.50. The van der Waals surface area contributed by atoms with Gasteiger partial charge in [-0.05, 0) is 54.1 Å². The maximum atomic E-state index is 14.6. The van der Waals surface area contributed by atoms with Gasteiger partial charge < -0.3 is 15.5 Å². The minimum absolute atomic E-state index is 0.00278. The van der Waals surface area contributed by atoms with Crippen LogP contribution in [-0.4, -0.2) is 58.1 Å². The van der Waals surface area contributed by atoms with Crippen LogP contribution in [0.25, 0.3) is 49.5 Å². The van der Waals surface area contributed by atoms with E-state index < -0.39 is 17.3 Å². The number of benzene rings is 3. The number of carbonyl (C=O) groups is 1. The number of nitrogens with zero attached hydrogens (tertiary/aromatic N) is 5. The topological polar surface area (TPSA) is 97.4 Å². The van der Waals surface area contributed by atoms with E-state index in [0.29, 0.717) is 21.8 Å². The Morgan fingerprint density at radius 3 is 2.36 bits per heavy atom. The van der Waals surface area contributed by atoms with E-state index in [0.717, 1.165) is 28.1 Å². The molecule has 11 heteroatoms. The minimum Gasteiger partial charge on any atom is -0.367 e. The third-order valence-corrected chi connectivity index (χ3v) is 8.33. The van der Waals surface area contributed by atoms with Crippen molar-refractivity contribution in [2.45, 2.75) is 6.18 Å². The molecule has 7 rings (SSSR count). The van der Waals surface area contributed by atoms with Gasteiger partial charge >= 0.3 is 6.18 Å². The Kier molecular flexibility index (Phi) is 6.97. The summed E-state index contributed by atoms with van der Waals surface area (Å²) < 4.78 is 45.0. The predicted molar refractivity (Wildman–Crippen MR) is 168 cm³/mol. The van der Waals surface area contributed by atoms with Crippen molar-refractivity contribution in [2.75, 3.05) is 37.6 Å². The Labute approximate surface area is 255 Å². The molecule has 1 aliphatic rings. The van der Waals surface area contributed by atoms with Gasteiger partial charge in [0.1, 0.15) is 0 Å². The van der Waals surface area contributed by atoms with Gasteiger partial charge in [-0.25, -0.2) is 0 Å². The molecule has 1 aliphatic heterocycles. The lowest BCUT2D eigenvalue weighted by atomic mass is 10.0. The second-order valence-corrected chi connectivity index (χ2v) is 11.0. The molecule has 1 saturated heterocycles. The Morgan fingerprint density at radius 2 is 1.58 bits per heavy atom. The molecule has 2 N–H and O–H groups in total. The van der Waals surface area contributed by atoms with Gasteiger partial charge in [-0.1, -0.05) is 24.3 Å². The largest absolute Gasteiger partial charge is 0.418 e. The molecule has 8 nitrogen and oxygen atoms in total. The fraction of sp³-hybridized carbons (Fsp3) is 0.176. The van der Waals surface area contributed by atoms with Crippen molar-refractivity contribution in [3.8, 4) is 16.8 Å². The van der Waals surface area contributed by atoms with E-state index in [9.17, 15) is 22.8 Å². The summed E-state index contributed by atoms with van der Waals surface area (Å²) in [7, 11) is 0. The van der Waals surface area contributed by atoms with Crippen molar-refractivity contribution in [1.82, 2.24) is 19.4 Å². The zero-order valence-electron chi connectivity index (χ0n) is 24.0. The molecule has 0 radical (unpaired) electrons. The molecule has 0 spiro atoms. The highest BCUT2D eigenvalue weighted by molar-refractivity contribution is 6.05. The SMILES string of the molecule is NCC(=O)N1CCN(c2ccc(-n3c(=O)ccc4cnc5ccc(-c6cnc7ccccc7c6)cc5c43)cc2C(F)(F)F)CC1. The Morgan fingerprint density at radius 1 is 0.800 bits per heavy atom. The predicted octanol–water partition coefficient (Wildman–Crippen LogP) is 5.38. The second-order valence-electron chi connectivity index (χ2n) is 11.0. The minimum atomic E-state index is -4.69. The average molecular weight is 609 g/mol. The van der Waals surface area contributed by atoms with Gasteiger partial charge in [-0.3, -0.25) is 24.1 Å². The fourth-order valence-corrected chi connectivity index (χ4v) is 6.07. The number of nitrogens with two attached hydrogens (primary N) is 1. The van der Waals surface area contributed by atoms with Crippen LogP contribution < -0.4 is 16.2 Å². The Bertz CT molecular complexity index is 2170. The van der Waals surface area contributed by atoms with Crippen molar-refractivity contribution in [1.29, 1.82) is 0 Å². The molecular weight excluding hydrogens is 581 g/mol.